The van der Waals surface area contributed by atoms with E-state index in [1.165, 1.54) is 6.42 Å². The summed E-state index contributed by atoms with van der Waals surface area (Å²) in [5.74, 6) is 1.80. The second-order valence-electron chi connectivity index (χ2n) is 9.33. The molecule has 2 aromatic heterocycles. The Hall–Kier alpha value is -2.20. The third kappa shape index (κ3) is 6.03. The lowest BCUT2D eigenvalue weighted by Gasteiger charge is -2.29. The van der Waals surface area contributed by atoms with Crippen molar-refractivity contribution < 1.29 is 4.79 Å². The van der Waals surface area contributed by atoms with Crippen molar-refractivity contribution in [2.45, 2.75) is 51.5 Å². The number of aromatic nitrogens is 4. The van der Waals surface area contributed by atoms with Gasteiger partial charge < -0.3 is 20.4 Å². The fourth-order valence-corrected chi connectivity index (χ4v) is 4.65. The molecule has 2 fully saturated rings. The summed E-state index contributed by atoms with van der Waals surface area (Å²) in [7, 11) is 4.07. The molecule has 1 aliphatic heterocycles. The van der Waals surface area contributed by atoms with E-state index < -0.39 is 0 Å². The quantitative estimate of drug-likeness (QED) is 0.487. The fourth-order valence-electron chi connectivity index (χ4n) is 4.32. The average Bonchev–Trinajstić information content (AvgIpc) is 3.12. The molecule has 0 spiro atoms. The zero-order valence-electron chi connectivity index (χ0n) is 19.8. The second-order valence-corrected chi connectivity index (χ2v) is 10.2. The van der Waals surface area contributed by atoms with Crippen LogP contribution in [0.5, 0.6) is 0 Å². The molecule has 10 heteroatoms. The van der Waals surface area contributed by atoms with E-state index in [1.54, 1.807) is 6.20 Å². The monoisotopic (exact) mass is 518 g/mol. The van der Waals surface area contributed by atoms with E-state index in [0.29, 0.717) is 12.0 Å². The van der Waals surface area contributed by atoms with Gasteiger partial charge in [-0.15, -0.1) is 0 Å². The van der Waals surface area contributed by atoms with Crippen molar-refractivity contribution >= 4 is 39.3 Å². The van der Waals surface area contributed by atoms with Gasteiger partial charge in [-0.1, -0.05) is 6.42 Å². The van der Waals surface area contributed by atoms with E-state index in [0.717, 1.165) is 80.0 Å². The minimum Gasteiger partial charge on any atom is -0.369 e. The lowest BCUT2D eigenvalue weighted by Crippen LogP contribution is -2.37. The van der Waals surface area contributed by atoms with Crippen LogP contribution < -0.4 is 10.6 Å². The first-order chi connectivity index (χ1) is 15.9. The minimum atomic E-state index is 0.250. The van der Waals surface area contributed by atoms with Crippen LogP contribution >= 0.6 is 15.9 Å². The van der Waals surface area contributed by atoms with Gasteiger partial charge in [-0.2, -0.15) is 10.1 Å². The maximum Gasteiger partial charge on any atom is 0.229 e. The molecule has 0 unspecified atom stereocenters. The van der Waals surface area contributed by atoms with Gasteiger partial charge in [0.25, 0.3) is 0 Å². The Balaban J connectivity index is 1.30. The molecule has 1 saturated heterocycles. The lowest BCUT2D eigenvalue weighted by atomic mass is 9.84. The number of hydrogen-bond donors (Lipinski definition) is 2. The first-order valence-electron chi connectivity index (χ1n) is 11.9. The number of anilines is 3. The molecule has 1 aliphatic carbocycles. The van der Waals surface area contributed by atoms with E-state index in [2.05, 4.69) is 59.4 Å². The molecule has 180 valence electrons. The maximum atomic E-state index is 12.3. The van der Waals surface area contributed by atoms with Gasteiger partial charge in [0.1, 0.15) is 5.82 Å². The van der Waals surface area contributed by atoms with Crippen LogP contribution in [0.25, 0.3) is 0 Å². The summed E-state index contributed by atoms with van der Waals surface area (Å²) < 4.78 is 2.90. The zero-order chi connectivity index (χ0) is 23.4. The Kier molecular flexibility index (Phi) is 7.85. The van der Waals surface area contributed by atoms with Gasteiger partial charge in [-0.05, 0) is 75.1 Å². The number of nitrogens with one attached hydrogen (secondary N) is 2. The van der Waals surface area contributed by atoms with E-state index in [4.69, 9.17) is 5.10 Å². The third-order valence-corrected chi connectivity index (χ3v) is 7.34. The van der Waals surface area contributed by atoms with Crippen LogP contribution in [0.15, 0.2) is 16.9 Å². The minimum absolute atomic E-state index is 0.250. The van der Waals surface area contributed by atoms with E-state index >= 15 is 0 Å². The Labute approximate surface area is 204 Å². The van der Waals surface area contributed by atoms with Crippen LogP contribution in [-0.2, 0) is 4.79 Å². The number of likely N-dealkylation sites (tertiary alicyclic amines) is 1. The summed E-state index contributed by atoms with van der Waals surface area (Å²) in [5, 5.41) is 11.4. The number of amides is 1. The molecule has 33 heavy (non-hydrogen) atoms. The Morgan fingerprint density at radius 3 is 2.73 bits per heavy atom. The van der Waals surface area contributed by atoms with Gasteiger partial charge in [-0.3, -0.25) is 9.48 Å². The topological polar surface area (TPSA) is 91.2 Å². The number of carbonyl (C=O) groups is 1. The van der Waals surface area contributed by atoms with Gasteiger partial charge in [0.15, 0.2) is 0 Å². The number of rotatable bonds is 9. The smallest absolute Gasteiger partial charge is 0.229 e. The molecule has 0 atom stereocenters. The Bertz CT molecular complexity index is 952. The first-order valence-corrected chi connectivity index (χ1v) is 12.7. The SMILES string of the molecule is Cc1nn(C2CCN(C)CC2)cc1Nc1ncc(Br)c(NCCCN(C)C(=O)C2CCC2)n1. The van der Waals surface area contributed by atoms with Crippen molar-refractivity contribution in [1.29, 1.82) is 0 Å². The van der Waals surface area contributed by atoms with Gasteiger partial charge >= 0.3 is 0 Å². The van der Waals surface area contributed by atoms with Crippen LogP contribution in [-0.4, -0.2) is 75.7 Å². The van der Waals surface area contributed by atoms with Crippen LogP contribution in [0.4, 0.5) is 17.5 Å². The molecule has 0 bridgehead atoms. The predicted molar refractivity (Wildman–Crippen MR) is 134 cm³/mol. The van der Waals surface area contributed by atoms with Gasteiger partial charge in [0, 0.05) is 38.4 Å². The number of nitrogens with zero attached hydrogens (tertiary/aromatic N) is 6. The standard InChI is InChI=1S/C23H35BrN8O/c1-16-20(15-32(29-16)18-8-12-30(2)13-9-18)27-23-26-14-19(24)21(28-23)25-10-5-11-31(3)22(33)17-6-4-7-17/h14-15,17-18H,4-13H2,1-3H3,(H2,25,26,27,28). The van der Waals surface area contributed by atoms with Crippen LogP contribution in [0, 0.1) is 12.8 Å². The zero-order valence-corrected chi connectivity index (χ0v) is 21.4. The van der Waals surface area contributed by atoms with Crippen molar-refractivity contribution in [2.24, 2.45) is 5.92 Å². The normalized spacial score (nSPS) is 17.6. The number of hydrogen-bond acceptors (Lipinski definition) is 7. The summed E-state index contributed by atoms with van der Waals surface area (Å²) in [6.07, 6.45) is 10.2. The van der Waals surface area contributed by atoms with Gasteiger partial charge in [-0.25, -0.2) is 4.98 Å². The number of halogens is 1. The summed E-state index contributed by atoms with van der Waals surface area (Å²) >= 11 is 3.53. The van der Waals surface area contributed by atoms with Crippen LogP contribution in [0.1, 0.15) is 50.3 Å². The molecule has 4 rings (SSSR count). The molecule has 1 saturated carbocycles. The number of aryl methyl sites for hydroxylation is 1. The lowest BCUT2D eigenvalue weighted by molar-refractivity contribution is -0.136. The highest BCUT2D eigenvalue weighted by molar-refractivity contribution is 9.10. The Morgan fingerprint density at radius 1 is 1.27 bits per heavy atom. The van der Waals surface area contributed by atoms with E-state index in [-0.39, 0.29) is 11.8 Å². The first kappa shape index (κ1) is 23.9. The molecule has 3 heterocycles. The van der Waals surface area contributed by atoms with E-state index in [1.807, 2.05) is 18.9 Å². The molecule has 9 nitrogen and oxygen atoms in total. The fraction of sp³-hybridized carbons (Fsp3) is 0.652. The largest absolute Gasteiger partial charge is 0.369 e. The van der Waals surface area contributed by atoms with Crippen LogP contribution in [0.3, 0.4) is 0 Å². The number of carbonyl (C=O) groups excluding carboxylic acids is 1. The maximum absolute atomic E-state index is 12.3. The highest BCUT2D eigenvalue weighted by Crippen LogP contribution is 2.28. The molecular formula is C23H35BrN8O. The number of piperidine rings is 1. The molecular weight excluding hydrogens is 484 g/mol. The third-order valence-electron chi connectivity index (χ3n) is 6.76. The molecule has 0 aromatic carbocycles. The van der Waals surface area contributed by atoms with Gasteiger partial charge in [0.2, 0.25) is 11.9 Å². The Morgan fingerprint density at radius 2 is 2.03 bits per heavy atom. The molecule has 2 aromatic rings. The van der Waals surface area contributed by atoms with Crippen molar-refractivity contribution in [3.63, 3.8) is 0 Å². The summed E-state index contributed by atoms with van der Waals surface area (Å²) in [5.41, 5.74) is 1.87. The molecule has 1 amide bonds. The molecule has 2 aliphatic rings. The second kappa shape index (κ2) is 10.8. The predicted octanol–water partition coefficient (Wildman–Crippen LogP) is 3.81. The molecule has 2 N–H and O–H groups in total. The average molecular weight is 519 g/mol. The molecule has 0 radical (unpaired) electrons. The van der Waals surface area contributed by atoms with E-state index in [9.17, 15) is 4.79 Å². The van der Waals surface area contributed by atoms with Crippen molar-refractivity contribution in [3.8, 4) is 0 Å². The summed E-state index contributed by atoms with van der Waals surface area (Å²) in [6, 6.07) is 0.438. The van der Waals surface area contributed by atoms with Crippen molar-refractivity contribution in [2.75, 3.05) is 50.9 Å². The highest BCUT2D eigenvalue weighted by atomic mass is 79.9. The van der Waals surface area contributed by atoms with Gasteiger partial charge in [0.05, 0.1) is 21.9 Å². The highest BCUT2D eigenvalue weighted by Gasteiger charge is 2.27. The summed E-state index contributed by atoms with van der Waals surface area (Å²) in [4.78, 5) is 25.5. The van der Waals surface area contributed by atoms with Crippen molar-refractivity contribution in [3.05, 3.63) is 22.6 Å². The summed E-state index contributed by atoms with van der Waals surface area (Å²) in [6.45, 7) is 5.67. The van der Waals surface area contributed by atoms with Crippen LogP contribution in [0.2, 0.25) is 0 Å². The van der Waals surface area contributed by atoms with Crippen molar-refractivity contribution in [1.82, 2.24) is 29.5 Å².